The second-order valence-electron chi connectivity index (χ2n) is 3.49. The third-order valence-electron chi connectivity index (χ3n) is 2.36. The average molecular weight is 199 g/mol. The third-order valence-corrected chi connectivity index (χ3v) is 2.36. The maximum atomic E-state index is 10.1. The van der Waals surface area contributed by atoms with Crippen molar-refractivity contribution in [3.8, 4) is 0 Å². The van der Waals surface area contributed by atoms with Crippen LogP contribution in [0.25, 0.3) is 0 Å². The Balaban J connectivity index is 2.69. The molecular weight excluding hydrogens is 182 g/mol. The quantitative estimate of drug-likeness (QED) is 0.733. The van der Waals surface area contributed by atoms with Crippen molar-refractivity contribution in [1.82, 2.24) is 14.8 Å². The Morgan fingerprint density at radius 1 is 1.64 bits per heavy atom. The second kappa shape index (κ2) is 4.52. The van der Waals surface area contributed by atoms with Crippen molar-refractivity contribution in [3.05, 3.63) is 12.2 Å². The highest BCUT2D eigenvalue weighted by molar-refractivity contribution is 4.93. The summed E-state index contributed by atoms with van der Waals surface area (Å²) in [6.07, 6.45) is 2.58. The Morgan fingerprint density at radius 2 is 2.36 bits per heavy atom. The lowest BCUT2D eigenvalue weighted by molar-refractivity contribution is -0.0351. The predicted molar refractivity (Wildman–Crippen MR) is 51.8 cm³/mol. The number of hydrogen-bond acceptors (Lipinski definition) is 4. The summed E-state index contributed by atoms with van der Waals surface area (Å²) in [5, 5.41) is 14.1. The molecule has 0 saturated heterocycles. The van der Waals surface area contributed by atoms with E-state index in [0.29, 0.717) is 19.4 Å². The van der Waals surface area contributed by atoms with Gasteiger partial charge in [0, 0.05) is 20.6 Å². The van der Waals surface area contributed by atoms with Crippen LogP contribution in [0.2, 0.25) is 0 Å². The van der Waals surface area contributed by atoms with Crippen LogP contribution in [0.3, 0.4) is 0 Å². The monoisotopic (exact) mass is 199 g/mol. The highest BCUT2D eigenvalue weighted by Gasteiger charge is 2.26. The molecule has 0 spiro atoms. The topological polar surface area (TPSA) is 60.2 Å². The molecule has 5 nitrogen and oxygen atoms in total. The van der Waals surface area contributed by atoms with Gasteiger partial charge in [0.15, 0.2) is 0 Å². The number of aryl methyl sites for hydroxylation is 1. The van der Waals surface area contributed by atoms with Crippen LogP contribution in [0.15, 0.2) is 6.33 Å². The zero-order valence-corrected chi connectivity index (χ0v) is 8.90. The van der Waals surface area contributed by atoms with Crippen molar-refractivity contribution < 1.29 is 9.84 Å². The van der Waals surface area contributed by atoms with Gasteiger partial charge in [-0.3, -0.25) is 4.68 Å². The molecule has 1 N–H and O–H groups in total. The minimum Gasteiger partial charge on any atom is -0.387 e. The van der Waals surface area contributed by atoms with Crippen LogP contribution in [0.4, 0.5) is 0 Å². The normalized spacial score (nSPS) is 15.4. The number of aliphatic hydroxyl groups is 1. The summed E-state index contributed by atoms with van der Waals surface area (Å²) < 4.78 is 6.64. The lowest BCUT2D eigenvalue weighted by Gasteiger charge is -2.24. The molecule has 0 aliphatic rings. The van der Waals surface area contributed by atoms with Gasteiger partial charge in [-0.2, -0.15) is 5.10 Å². The third kappa shape index (κ3) is 2.52. The number of aromatic nitrogens is 3. The number of rotatable bonds is 5. The summed E-state index contributed by atoms with van der Waals surface area (Å²) in [5.41, 5.74) is -0.838. The van der Waals surface area contributed by atoms with E-state index < -0.39 is 5.60 Å². The fourth-order valence-corrected chi connectivity index (χ4v) is 1.32. The molecule has 80 valence electrons. The molecule has 0 aliphatic heterocycles. The molecule has 0 bridgehead atoms. The number of methoxy groups -OCH3 is 1. The molecule has 0 fully saturated rings. The second-order valence-corrected chi connectivity index (χ2v) is 3.49. The molecule has 1 atom stereocenters. The Hall–Kier alpha value is -0.940. The lowest BCUT2D eigenvalue weighted by Crippen LogP contribution is -2.36. The Bertz CT molecular complexity index is 287. The summed E-state index contributed by atoms with van der Waals surface area (Å²) in [5.74, 6) is 0.770. The van der Waals surface area contributed by atoms with E-state index in [2.05, 4.69) is 10.1 Å². The van der Waals surface area contributed by atoms with Gasteiger partial charge in [0.2, 0.25) is 0 Å². The van der Waals surface area contributed by atoms with Crippen molar-refractivity contribution in [2.75, 3.05) is 13.7 Å². The van der Waals surface area contributed by atoms with Crippen molar-refractivity contribution in [1.29, 1.82) is 0 Å². The number of nitrogens with zero attached hydrogens (tertiary/aromatic N) is 3. The van der Waals surface area contributed by atoms with Gasteiger partial charge in [0.25, 0.3) is 0 Å². The fourth-order valence-electron chi connectivity index (χ4n) is 1.32. The minimum atomic E-state index is -0.838. The van der Waals surface area contributed by atoms with Crippen molar-refractivity contribution in [2.45, 2.75) is 25.4 Å². The molecule has 0 aromatic carbocycles. The largest absolute Gasteiger partial charge is 0.387 e. The van der Waals surface area contributed by atoms with Crippen molar-refractivity contribution in [2.24, 2.45) is 7.05 Å². The number of hydrogen-bond donors (Lipinski definition) is 1. The lowest BCUT2D eigenvalue weighted by atomic mass is 9.97. The summed E-state index contributed by atoms with van der Waals surface area (Å²) in [4.78, 5) is 4.07. The van der Waals surface area contributed by atoms with Crippen molar-refractivity contribution >= 4 is 0 Å². The standard InChI is InChI=1S/C9H17N3O2/c1-4-9(13,6-14-3)5-8-10-7-11-12(8)2/h7,13H,4-6H2,1-3H3. The first-order valence-electron chi connectivity index (χ1n) is 4.65. The molecule has 1 aromatic heterocycles. The van der Waals surface area contributed by atoms with E-state index in [0.717, 1.165) is 5.82 Å². The van der Waals surface area contributed by atoms with Gasteiger partial charge in [-0.25, -0.2) is 4.98 Å². The molecule has 0 saturated carbocycles. The van der Waals surface area contributed by atoms with Gasteiger partial charge < -0.3 is 9.84 Å². The average Bonchev–Trinajstić information content (AvgIpc) is 2.52. The first kappa shape index (κ1) is 11.1. The maximum Gasteiger partial charge on any atom is 0.138 e. The Kier molecular flexibility index (Phi) is 3.60. The Labute approximate surface area is 83.7 Å². The highest BCUT2D eigenvalue weighted by atomic mass is 16.5. The molecule has 0 radical (unpaired) electrons. The molecule has 1 aromatic rings. The van der Waals surface area contributed by atoms with Crippen LogP contribution in [0.5, 0.6) is 0 Å². The van der Waals surface area contributed by atoms with Crippen LogP contribution in [0, 0.1) is 0 Å². The minimum absolute atomic E-state index is 0.316. The zero-order valence-electron chi connectivity index (χ0n) is 8.90. The van der Waals surface area contributed by atoms with Crippen LogP contribution in [-0.2, 0) is 18.2 Å². The van der Waals surface area contributed by atoms with Crippen LogP contribution >= 0.6 is 0 Å². The van der Waals surface area contributed by atoms with E-state index in [1.54, 1.807) is 11.8 Å². The first-order chi connectivity index (χ1) is 6.61. The van der Waals surface area contributed by atoms with E-state index in [1.807, 2.05) is 14.0 Å². The van der Waals surface area contributed by atoms with Gasteiger partial charge in [0.05, 0.1) is 12.2 Å². The Morgan fingerprint density at radius 3 is 2.79 bits per heavy atom. The SMILES string of the molecule is CCC(O)(COC)Cc1ncnn1C. The van der Waals surface area contributed by atoms with Crippen LogP contribution < -0.4 is 0 Å². The maximum absolute atomic E-state index is 10.1. The van der Waals surface area contributed by atoms with Gasteiger partial charge in [-0.1, -0.05) is 6.92 Å². The van der Waals surface area contributed by atoms with E-state index in [9.17, 15) is 5.11 Å². The molecule has 0 amide bonds. The van der Waals surface area contributed by atoms with Crippen LogP contribution in [0.1, 0.15) is 19.2 Å². The summed E-state index contributed by atoms with van der Waals surface area (Å²) in [6.45, 7) is 2.24. The molecular formula is C9H17N3O2. The predicted octanol–water partition coefficient (Wildman–Crippen LogP) is 0.145. The van der Waals surface area contributed by atoms with Crippen molar-refractivity contribution in [3.63, 3.8) is 0 Å². The molecule has 1 unspecified atom stereocenters. The van der Waals surface area contributed by atoms with E-state index in [1.165, 1.54) is 6.33 Å². The van der Waals surface area contributed by atoms with E-state index in [-0.39, 0.29) is 0 Å². The van der Waals surface area contributed by atoms with E-state index in [4.69, 9.17) is 4.74 Å². The zero-order chi connectivity index (χ0) is 10.6. The summed E-state index contributed by atoms with van der Waals surface area (Å²) in [7, 11) is 3.39. The molecule has 1 heterocycles. The molecule has 1 rings (SSSR count). The number of ether oxygens (including phenoxy) is 1. The first-order valence-corrected chi connectivity index (χ1v) is 4.65. The summed E-state index contributed by atoms with van der Waals surface area (Å²) >= 11 is 0. The van der Waals surface area contributed by atoms with Crippen LogP contribution in [-0.4, -0.2) is 39.2 Å². The van der Waals surface area contributed by atoms with Gasteiger partial charge in [0.1, 0.15) is 12.2 Å². The van der Waals surface area contributed by atoms with Gasteiger partial charge >= 0.3 is 0 Å². The van der Waals surface area contributed by atoms with Gasteiger partial charge in [-0.05, 0) is 6.42 Å². The molecule has 0 aliphatic carbocycles. The fraction of sp³-hybridized carbons (Fsp3) is 0.778. The van der Waals surface area contributed by atoms with E-state index >= 15 is 0 Å². The smallest absolute Gasteiger partial charge is 0.138 e. The highest BCUT2D eigenvalue weighted by Crippen LogP contribution is 2.15. The molecule has 5 heteroatoms. The molecule has 14 heavy (non-hydrogen) atoms. The summed E-state index contributed by atoms with van der Waals surface area (Å²) in [6, 6.07) is 0. The van der Waals surface area contributed by atoms with Gasteiger partial charge in [-0.15, -0.1) is 0 Å².